The van der Waals surface area contributed by atoms with Gasteiger partial charge in [0, 0.05) is 41.7 Å². The minimum atomic E-state index is -0.371. The highest BCUT2D eigenvalue weighted by Gasteiger charge is 2.23. The Hall–Kier alpha value is -1.69. The molecule has 2 amide bonds. The molecule has 136 valence electrons. The SMILES string of the molecule is CC(C)CC(=O)N1CCC(NC(=O)/C=C/c2cc(Br)ccc2F)CC1. The Morgan fingerprint density at radius 1 is 1.36 bits per heavy atom. The highest BCUT2D eigenvalue weighted by atomic mass is 79.9. The minimum absolute atomic E-state index is 0.0487. The first-order chi connectivity index (χ1) is 11.8. The molecule has 6 heteroatoms. The van der Waals surface area contributed by atoms with Gasteiger partial charge in [-0.2, -0.15) is 0 Å². The number of hydrogen-bond donors (Lipinski definition) is 1. The lowest BCUT2D eigenvalue weighted by atomic mass is 10.0. The van der Waals surface area contributed by atoms with E-state index in [0.29, 0.717) is 31.0 Å². The molecule has 1 aromatic rings. The van der Waals surface area contributed by atoms with Crippen molar-refractivity contribution in [2.24, 2.45) is 5.92 Å². The van der Waals surface area contributed by atoms with Crippen LogP contribution >= 0.6 is 15.9 Å². The van der Waals surface area contributed by atoms with Crippen LogP contribution in [0.15, 0.2) is 28.7 Å². The quantitative estimate of drug-likeness (QED) is 0.751. The maximum atomic E-state index is 13.6. The summed E-state index contributed by atoms with van der Waals surface area (Å²) in [6.45, 7) is 5.40. The van der Waals surface area contributed by atoms with Crippen LogP contribution in [0.25, 0.3) is 6.08 Å². The molecule has 1 N–H and O–H groups in total. The van der Waals surface area contributed by atoms with Crippen LogP contribution in [-0.4, -0.2) is 35.8 Å². The van der Waals surface area contributed by atoms with Gasteiger partial charge >= 0.3 is 0 Å². The molecule has 0 atom stereocenters. The predicted molar refractivity (Wildman–Crippen MR) is 100 cm³/mol. The molecule has 1 aromatic carbocycles. The first-order valence-corrected chi connectivity index (χ1v) is 9.36. The third-order valence-electron chi connectivity index (χ3n) is 4.15. The lowest BCUT2D eigenvalue weighted by molar-refractivity contribution is -0.133. The summed E-state index contributed by atoms with van der Waals surface area (Å²) < 4.78 is 14.4. The van der Waals surface area contributed by atoms with Crippen LogP contribution in [0, 0.1) is 11.7 Å². The highest BCUT2D eigenvalue weighted by Crippen LogP contribution is 2.17. The van der Waals surface area contributed by atoms with Gasteiger partial charge in [0.25, 0.3) is 0 Å². The standard InChI is InChI=1S/C19H24BrFN2O2/c1-13(2)11-19(25)23-9-7-16(8-10-23)22-18(24)6-3-14-12-15(20)4-5-17(14)21/h3-6,12-13,16H,7-11H2,1-2H3,(H,22,24)/b6-3+. The van der Waals surface area contributed by atoms with Crippen molar-refractivity contribution in [3.63, 3.8) is 0 Å². The van der Waals surface area contributed by atoms with Gasteiger partial charge in [-0.1, -0.05) is 29.8 Å². The second-order valence-electron chi connectivity index (χ2n) is 6.76. The van der Waals surface area contributed by atoms with Crippen molar-refractivity contribution in [1.29, 1.82) is 0 Å². The number of benzene rings is 1. The molecule has 0 saturated carbocycles. The number of carbonyl (C=O) groups excluding carboxylic acids is 2. The van der Waals surface area contributed by atoms with Crippen molar-refractivity contribution in [3.8, 4) is 0 Å². The van der Waals surface area contributed by atoms with Crippen LogP contribution in [0.1, 0.15) is 38.7 Å². The van der Waals surface area contributed by atoms with Gasteiger partial charge in [-0.05, 0) is 43.0 Å². The van der Waals surface area contributed by atoms with E-state index in [-0.39, 0.29) is 23.7 Å². The molecule has 0 unspecified atom stereocenters. The van der Waals surface area contributed by atoms with Crippen LogP contribution in [0.5, 0.6) is 0 Å². The second kappa shape index (κ2) is 9.13. The van der Waals surface area contributed by atoms with Crippen molar-refractivity contribution in [2.75, 3.05) is 13.1 Å². The van der Waals surface area contributed by atoms with Gasteiger partial charge in [0.05, 0.1) is 0 Å². The monoisotopic (exact) mass is 410 g/mol. The second-order valence-corrected chi connectivity index (χ2v) is 7.68. The molecule has 2 rings (SSSR count). The Labute approximate surface area is 156 Å². The average Bonchev–Trinajstić information content (AvgIpc) is 2.55. The van der Waals surface area contributed by atoms with Gasteiger partial charge < -0.3 is 10.2 Å². The van der Waals surface area contributed by atoms with Crippen LogP contribution in [0.3, 0.4) is 0 Å². The fourth-order valence-electron chi connectivity index (χ4n) is 2.81. The highest BCUT2D eigenvalue weighted by molar-refractivity contribution is 9.10. The van der Waals surface area contributed by atoms with Gasteiger partial charge in [0.1, 0.15) is 5.82 Å². The molecule has 25 heavy (non-hydrogen) atoms. The zero-order chi connectivity index (χ0) is 18.4. The molecule has 1 fully saturated rings. The van der Waals surface area contributed by atoms with Crippen molar-refractivity contribution < 1.29 is 14.0 Å². The summed E-state index contributed by atoms with van der Waals surface area (Å²) in [4.78, 5) is 25.9. The van der Waals surface area contributed by atoms with Crippen molar-refractivity contribution in [3.05, 3.63) is 40.1 Å². The molecule has 1 heterocycles. The Bertz CT molecular complexity index is 653. The van der Waals surface area contributed by atoms with E-state index in [0.717, 1.165) is 17.3 Å². The van der Waals surface area contributed by atoms with Crippen LogP contribution in [-0.2, 0) is 9.59 Å². The van der Waals surface area contributed by atoms with Crippen molar-refractivity contribution >= 4 is 33.8 Å². The third kappa shape index (κ3) is 6.27. The normalized spacial score (nSPS) is 15.8. The largest absolute Gasteiger partial charge is 0.350 e. The summed E-state index contributed by atoms with van der Waals surface area (Å²) in [5.74, 6) is -0.0751. The van der Waals surface area contributed by atoms with E-state index in [1.54, 1.807) is 12.1 Å². The zero-order valence-corrected chi connectivity index (χ0v) is 16.2. The molecule has 0 bridgehead atoms. The average molecular weight is 411 g/mol. The fourth-order valence-corrected chi connectivity index (χ4v) is 3.19. The lowest BCUT2D eigenvalue weighted by Crippen LogP contribution is -2.46. The first kappa shape index (κ1) is 19.6. The molecule has 0 aromatic heterocycles. The maximum absolute atomic E-state index is 13.6. The molecule has 1 saturated heterocycles. The molecular weight excluding hydrogens is 387 g/mol. The number of nitrogens with zero attached hydrogens (tertiary/aromatic N) is 1. The maximum Gasteiger partial charge on any atom is 0.244 e. The Morgan fingerprint density at radius 3 is 2.68 bits per heavy atom. The smallest absolute Gasteiger partial charge is 0.244 e. The number of piperidine rings is 1. The minimum Gasteiger partial charge on any atom is -0.350 e. The summed E-state index contributed by atoms with van der Waals surface area (Å²) in [5.41, 5.74) is 0.360. The van der Waals surface area contributed by atoms with Gasteiger partial charge in [0.2, 0.25) is 11.8 Å². The van der Waals surface area contributed by atoms with Crippen LogP contribution < -0.4 is 5.32 Å². The molecule has 0 spiro atoms. The van der Waals surface area contributed by atoms with Gasteiger partial charge in [-0.25, -0.2) is 4.39 Å². The van der Waals surface area contributed by atoms with E-state index < -0.39 is 0 Å². The van der Waals surface area contributed by atoms with Crippen LogP contribution in [0.2, 0.25) is 0 Å². The number of halogens is 2. The van der Waals surface area contributed by atoms with Crippen molar-refractivity contribution in [2.45, 2.75) is 39.2 Å². The number of amides is 2. The van der Waals surface area contributed by atoms with E-state index in [9.17, 15) is 14.0 Å². The van der Waals surface area contributed by atoms with E-state index in [4.69, 9.17) is 0 Å². The van der Waals surface area contributed by atoms with E-state index in [1.165, 1.54) is 18.2 Å². The van der Waals surface area contributed by atoms with Gasteiger partial charge in [0.15, 0.2) is 0 Å². The van der Waals surface area contributed by atoms with E-state index in [1.807, 2.05) is 18.7 Å². The lowest BCUT2D eigenvalue weighted by Gasteiger charge is -2.32. The molecule has 0 radical (unpaired) electrons. The molecule has 1 aliphatic rings. The molecule has 1 aliphatic heterocycles. The Kier molecular flexibility index (Phi) is 7.17. The number of nitrogens with one attached hydrogen (secondary N) is 1. The van der Waals surface area contributed by atoms with Crippen LogP contribution in [0.4, 0.5) is 4.39 Å². The Balaban J connectivity index is 1.81. The van der Waals surface area contributed by atoms with Gasteiger partial charge in [-0.3, -0.25) is 9.59 Å². The van der Waals surface area contributed by atoms with Gasteiger partial charge in [-0.15, -0.1) is 0 Å². The summed E-state index contributed by atoms with van der Waals surface area (Å²) in [6, 6.07) is 4.64. The summed E-state index contributed by atoms with van der Waals surface area (Å²) in [5, 5.41) is 2.93. The molecule has 0 aliphatic carbocycles. The molecule has 4 nitrogen and oxygen atoms in total. The summed E-state index contributed by atoms with van der Waals surface area (Å²) in [7, 11) is 0. The number of rotatable bonds is 5. The first-order valence-electron chi connectivity index (χ1n) is 8.56. The number of carbonyl (C=O) groups is 2. The van der Waals surface area contributed by atoms with Crippen molar-refractivity contribution in [1.82, 2.24) is 10.2 Å². The third-order valence-corrected chi connectivity index (χ3v) is 4.64. The van der Waals surface area contributed by atoms with E-state index >= 15 is 0 Å². The number of likely N-dealkylation sites (tertiary alicyclic amines) is 1. The summed E-state index contributed by atoms with van der Waals surface area (Å²) >= 11 is 3.28. The fraction of sp³-hybridized carbons (Fsp3) is 0.474. The predicted octanol–water partition coefficient (Wildman–Crippen LogP) is 3.75. The zero-order valence-electron chi connectivity index (χ0n) is 14.6. The summed E-state index contributed by atoms with van der Waals surface area (Å²) in [6.07, 6.45) is 4.87. The topological polar surface area (TPSA) is 49.4 Å². The number of hydrogen-bond acceptors (Lipinski definition) is 2. The molecular formula is C19H24BrFN2O2. The van der Waals surface area contributed by atoms with E-state index in [2.05, 4.69) is 21.2 Å². The Morgan fingerprint density at radius 2 is 2.04 bits per heavy atom.